The van der Waals surface area contributed by atoms with E-state index in [0.29, 0.717) is 0 Å². The number of rotatable bonds is 1. The Kier molecular flexibility index (Phi) is 1.30. The number of aliphatic hydroxyl groups excluding tert-OH is 1. The van der Waals surface area contributed by atoms with Crippen LogP contribution in [0.5, 0.6) is 0 Å². The second kappa shape index (κ2) is 1.96. The first-order valence-corrected chi connectivity index (χ1v) is 2.42. The van der Waals surface area contributed by atoms with Gasteiger partial charge in [0.15, 0.2) is 0 Å². The maximum absolute atomic E-state index is 8.55. The smallest absolute Gasteiger partial charge is 0.0849 e. The van der Waals surface area contributed by atoms with Crippen LogP contribution in [0.4, 0.5) is 0 Å². The van der Waals surface area contributed by atoms with Gasteiger partial charge in [-0.05, 0) is 6.07 Å². The molecule has 0 spiro atoms. The summed E-state index contributed by atoms with van der Waals surface area (Å²) >= 11 is 0. The van der Waals surface area contributed by atoms with Gasteiger partial charge in [0.05, 0.1) is 12.3 Å². The van der Waals surface area contributed by atoms with Crippen LogP contribution in [0, 0.1) is 0 Å². The lowest BCUT2D eigenvalue weighted by Crippen LogP contribution is -1.96. The molecule has 0 unspecified atom stereocenters. The van der Waals surface area contributed by atoms with Crippen molar-refractivity contribution >= 4 is 0 Å². The number of hydrogen-bond acceptors (Lipinski definition) is 2. The molecule has 0 aliphatic rings. The first-order chi connectivity index (χ1) is 3.84. The van der Waals surface area contributed by atoms with E-state index in [1.807, 2.05) is 0 Å². The fraction of sp³-hybridized carbons (Fsp3) is 0.400. The zero-order valence-electron chi connectivity index (χ0n) is 4.70. The molecule has 0 radical (unpaired) electrons. The van der Waals surface area contributed by atoms with E-state index in [9.17, 15) is 0 Å². The SMILES string of the molecule is Cn1nccc1CO. The fourth-order valence-corrected chi connectivity index (χ4v) is 0.556. The van der Waals surface area contributed by atoms with E-state index in [4.69, 9.17) is 5.11 Å². The third kappa shape index (κ3) is 0.721. The molecular formula is C5H8N2O. The van der Waals surface area contributed by atoms with Crippen LogP contribution in [0.1, 0.15) is 5.69 Å². The van der Waals surface area contributed by atoms with Gasteiger partial charge in [-0.3, -0.25) is 4.68 Å². The van der Waals surface area contributed by atoms with E-state index < -0.39 is 0 Å². The van der Waals surface area contributed by atoms with Gasteiger partial charge in [-0.2, -0.15) is 5.10 Å². The Morgan fingerprint density at radius 1 is 1.88 bits per heavy atom. The third-order valence-electron chi connectivity index (χ3n) is 1.08. The van der Waals surface area contributed by atoms with E-state index in [2.05, 4.69) is 5.10 Å². The van der Waals surface area contributed by atoms with Gasteiger partial charge in [0.1, 0.15) is 0 Å². The predicted molar refractivity (Wildman–Crippen MR) is 29.1 cm³/mol. The average molecular weight is 112 g/mol. The second-order valence-electron chi connectivity index (χ2n) is 1.60. The van der Waals surface area contributed by atoms with Crippen LogP contribution in [0.2, 0.25) is 0 Å². The largest absolute Gasteiger partial charge is 0.390 e. The summed E-state index contributed by atoms with van der Waals surface area (Å²) in [5.74, 6) is 0. The normalized spacial score (nSPS) is 9.75. The van der Waals surface area contributed by atoms with Gasteiger partial charge < -0.3 is 5.11 Å². The summed E-state index contributed by atoms with van der Waals surface area (Å²) in [6, 6.07) is 1.78. The van der Waals surface area contributed by atoms with Crippen molar-refractivity contribution in [2.45, 2.75) is 6.61 Å². The lowest BCUT2D eigenvalue weighted by Gasteiger charge is -1.92. The van der Waals surface area contributed by atoms with E-state index in [1.54, 1.807) is 24.0 Å². The lowest BCUT2D eigenvalue weighted by molar-refractivity contribution is 0.270. The van der Waals surface area contributed by atoms with Crippen molar-refractivity contribution in [2.75, 3.05) is 0 Å². The number of aromatic nitrogens is 2. The molecule has 8 heavy (non-hydrogen) atoms. The van der Waals surface area contributed by atoms with Crippen LogP contribution < -0.4 is 0 Å². The summed E-state index contributed by atoms with van der Waals surface area (Å²) in [7, 11) is 1.80. The first kappa shape index (κ1) is 5.31. The Balaban J connectivity index is 2.92. The fourth-order valence-electron chi connectivity index (χ4n) is 0.556. The molecule has 0 aliphatic heterocycles. The van der Waals surface area contributed by atoms with Crippen LogP contribution in [0.25, 0.3) is 0 Å². The van der Waals surface area contributed by atoms with Crippen molar-refractivity contribution in [3.05, 3.63) is 18.0 Å². The number of hydrogen-bond donors (Lipinski definition) is 1. The van der Waals surface area contributed by atoms with Gasteiger partial charge in [-0.15, -0.1) is 0 Å². The Labute approximate surface area is 47.6 Å². The lowest BCUT2D eigenvalue weighted by atomic mass is 10.5. The van der Waals surface area contributed by atoms with E-state index in [0.717, 1.165) is 5.69 Å². The molecule has 0 bridgehead atoms. The summed E-state index contributed by atoms with van der Waals surface area (Å²) < 4.78 is 1.64. The molecule has 0 aromatic carbocycles. The molecule has 0 aliphatic carbocycles. The van der Waals surface area contributed by atoms with Crippen molar-refractivity contribution < 1.29 is 5.11 Å². The molecule has 3 heteroatoms. The molecule has 0 fully saturated rings. The van der Waals surface area contributed by atoms with Gasteiger partial charge in [0.2, 0.25) is 0 Å². The number of nitrogens with zero attached hydrogens (tertiary/aromatic N) is 2. The molecule has 1 rings (SSSR count). The van der Waals surface area contributed by atoms with E-state index in [1.165, 1.54) is 0 Å². The van der Waals surface area contributed by atoms with Gasteiger partial charge in [-0.1, -0.05) is 0 Å². The monoisotopic (exact) mass is 112 g/mol. The molecule has 1 N–H and O–H groups in total. The Bertz CT molecular complexity index is 171. The molecule has 1 aromatic heterocycles. The van der Waals surface area contributed by atoms with Crippen LogP contribution in [-0.4, -0.2) is 14.9 Å². The zero-order valence-corrected chi connectivity index (χ0v) is 4.70. The van der Waals surface area contributed by atoms with Gasteiger partial charge in [-0.25, -0.2) is 0 Å². The highest BCUT2D eigenvalue weighted by molar-refractivity contribution is 4.96. The summed E-state index contributed by atoms with van der Waals surface area (Å²) in [4.78, 5) is 0. The molecular weight excluding hydrogens is 104 g/mol. The van der Waals surface area contributed by atoms with Crippen LogP contribution in [0.3, 0.4) is 0 Å². The highest BCUT2D eigenvalue weighted by atomic mass is 16.3. The molecule has 44 valence electrons. The van der Waals surface area contributed by atoms with Gasteiger partial charge in [0.25, 0.3) is 0 Å². The molecule has 0 amide bonds. The summed E-state index contributed by atoms with van der Waals surface area (Å²) in [6.45, 7) is 0.0660. The van der Waals surface area contributed by atoms with Crippen molar-refractivity contribution in [3.63, 3.8) is 0 Å². The maximum atomic E-state index is 8.55. The molecule has 3 nitrogen and oxygen atoms in total. The number of aryl methyl sites for hydroxylation is 1. The van der Waals surface area contributed by atoms with Crippen LogP contribution in [0.15, 0.2) is 12.3 Å². The predicted octanol–water partition coefficient (Wildman–Crippen LogP) is -0.0876. The Morgan fingerprint density at radius 3 is 2.88 bits per heavy atom. The molecule has 0 saturated carbocycles. The zero-order chi connectivity index (χ0) is 5.98. The maximum Gasteiger partial charge on any atom is 0.0849 e. The molecule has 0 atom stereocenters. The van der Waals surface area contributed by atoms with Gasteiger partial charge >= 0.3 is 0 Å². The second-order valence-corrected chi connectivity index (χ2v) is 1.60. The topological polar surface area (TPSA) is 38.0 Å². The van der Waals surface area contributed by atoms with Crippen molar-refractivity contribution in [1.82, 2.24) is 9.78 Å². The highest BCUT2D eigenvalue weighted by Gasteiger charge is 1.91. The van der Waals surface area contributed by atoms with Crippen molar-refractivity contribution in [1.29, 1.82) is 0 Å². The van der Waals surface area contributed by atoms with Crippen molar-refractivity contribution in [3.8, 4) is 0 Å². The Morgan fingerprint density at radius 2 is 2.62 bits per heavy atom. The average Bonchev–Trinajstić information content (AvgIpc) is 2.14. The summed E-state index contributed by atoms with van der Waals surface area (Å²) in [5.41, 5.74) is 0.838. The van der Waals surface area contributed by atoms with Gasteiger partial charge in [0, 0.05) is 13.2 Å². The van der Waals surface area contributed by atoms with Crippen LogP contribution in [-0.2, 0) is 13.7 Å². The third-order valence-corrected chi connectivity index (χ3v) is 1.08. The minimum absolute atomic E-state index is 0.0660. The Hall–Kier alpha value is -0.830. The molecule has 0 saturated heterocycles. The van der Waals surface area contributed by atoms with Crippen molar-refractivity contribution in [2.24, 2.45) is 7.05 Å². The highest BCUT2D eigenvalue weighted by Crippen LogP contribution is 1.92. The summed E-state index contributed by atoms with van der Waals surface area (Å²) in [5, 5.41) is 12.4. The minimum atomic E-state index is 0.0660. The molecule has 1 heterocycles. The number of aliphatic hydroxyl groups is 1. The van der Waals surface area contributed by atoms with E-state index >= 15 is 0 Å². The summed E-state index contributed by atoms with van der Waals surface area (Å²) in [6.07, 6.45) is 1.66. The first-order valence-electron chi connectivity index (χ1n) is 2.42. The van der Waals surface area contributed by atoms with E-state index in [-0.39, 0.29) is 6.61 Å². The standard InChI is InChI=1S/C5H8N2O/c1-7-5(4-8)2-3-6-7/h2-3,8H,4H2,1H3. The van der Waals surface area contributed by atoms with Crippen LogP contribution >= 0.6 is 0 Å². The quantitative estimate of drug-likeness (QED) is 0.551. The molecule has 1 aromatic rings. The minimum Gasteiger partial charge on any atom is -0.390 e.